The van der Waals surface area contributed by atoms with Crippen LogP contribution in [0.1, 0.15) is 28.7 Å². The number of nitrogens with zero attached hydrogens (tertiary/aromatic N) is 1. The van der Waals surface area contributed by atoms with E-state index in [1.807, 2.05) is 43.7 Å². The van der Waals surface area contributed by atoms with Crippen LogP contribution in [0.3, 0.4) is 0 Å². The molecule has 1 amide bonds. The lowest BCUT2D eigenvalue weighted by molar-refractivity contribution is -0.114. The lowest BCUT2D eigenvalue weighted by atomic mass is 10.1. The fourth-order valence-electron chi connectivity index (χ4n) is 2.29. The van der Waals surface area contributed by atoms with Crippen molar-refractivity contribution in [1.82, 2.24) is 4.57 Å². The van der Waals surface area contributed by atoms with Gasteiger partial charge in [-0.25, -0.2) is 0 Å². The van der Waals surface area contributed by atoms with Crippen LogP contribution in [-0.2, 0) is 11.8 Å². The van der Waals surface area contributed by atoms with E-state index < -0.39 is 0 Å². The molecular formula is C17H21N3O2. The number of aryl methyl sites for hydroxylation is 1. The molecule has 0 fully saturated rings. The Hall–Kier alpha value is -2.56. The van der Waals surface area contributed by atoms with E-state index >= 15 is 0 Å². The maximum absolute atomic E-state index is 12.3. The zero-order valence-corrected chi connectivity index (χ0v) is 13.4. The van der Waals surface area contributed by atoms with Gasteiger partial charge >= 0.3 is 0 Å². The number of benzene rings is 1. The van der Waals surface area contributed by atoms with Gasteiger partial charge in [-0.1, -0.05) is 0 Å². The number of hydrogen-bond acceptors (Lipinski definition) is 3. The molecule has 0 bridgehead atoms. The molecule has 5 heteroatoms. The first kappa shape index (κ1) is 15.8. The summed E-state index contributed by atoms with van der Waals surface area (Å²) < 4.78 is 2.01. The van der Waals surface area contributed by atoms with E-state index in [2.05, 4.69) is 10.6 Å². The summed E-state index contributed by atoms with van der Waals surface area (Å²) in [5.74, 6) is -0.0436. The zero-order chi connectivity index (χ0) is 16.3. The third kappa shape index (κ3) is 3.55. The van der Waals surface area contributed by atoms with Crippen LogP contribution in [0.2, 0.25) is 0 Å². The van der Waals surface area contributed by atoms with E-state index in [1.54, 1.807) is 12.1 Å². The van der Waals surface area contributed by atoms with Crippen molar-refractivity contribution < 1.29 is 9.59 Å². The Morgan fingerprint density at radius 3 is 2.18 bits per heavy atom. The Kier molecular flexibility index (Phi) is 4.65. The van der Waals surface area contributed by atoms with Gasteiger partial charge in [0.15, 0.2) is 5.78 Å². The topological polar surface area (TPSA) is 63.1 Å². The fourth-order valence-corrected chi connectivity index (χ4v) is 2.29. The van der Waals surface area contributed by atoms with Crippen molar-refractivity contribution in [1.29, 1.82) is 0 Å². The van der Waals surface area contributed by atoms with Crippen LogP contribution < -0.4 is 10.6 Å². The highest BCUT2D eigenvalue weighted by atomic mass is 16.1. The maximum atomic E-state index is 12.3. The second kappa shape index (κ2) is 6.47. The van der Waals surface area contributed by atoms with E-state index in [0.29, 0.717) is 0 Å². The van der Waals surface area contributed by atoms with Crippen LogP contribution in [0.5, 0.6) is 0 Å². The number of rotatable bonds is 5. The van der Waals surface area contributed by atoms with Gasteiger partial charge < -0.3 is 15.2 Å². The maximum Gasteiger partial charge on any atom is 0.221 e. The Labute approximate surface area is 130 Å². The first-order valence-corrected chi connectivity index (χ1v) is 7.16. The Bertz CT molecular complexity index is 699. The molecular weight excluding hydrogens is 278 g/mol. The van der Waals surface area contributed by atoms with Crippen molar-refractivity contribution in [2.45, 2.75) is 20.8 Å². The van der Waals surface area contributed by atoms with Gasteiger partial charge in [-0.05, 0) is 44.2 Å². The molecule has 0 aliphatic carbocycles. The van der Waals surface area contributed by atoms with Crippen LogP contribution in [0.4, 0.5) is 11.4 Å². The number of nitrogens with one attached hydrogen (secondary N) is 2. The van der Waals surface area contributed by atoms with Crippen LogP contribution in [0, 0.1) is 13.8 Å². The van der Waals surface area contributed by atoms with Gasteiger partial charge in [-0.2, -0.15) is 0 Å². The molecule has 5 nitrogen and oxygen atoms in total. The summed E-state index contributed by atoms with van der Waals surface area (Å²) in [5.41, 5.74) is 4.37. The summed E-state index contributed by atoms with van der Waals surface area (Å²) >= 11 is 0. The van der Waals surface area contributed by atoms with Gasteiger partial charge in [0, 0.05) is 42.3 Å². The molecule has 0 unspecified atom stereocenters. The molecule has 0 saturated carbocycles. The largest absolute Gasteiger partial charge is 0.378 e. The Morgan fingerprint density at radius 1 is 1.09 bits per heavy atom. The average molecular weight is 299 g/mol. The van der Waals surface area contributed by atoms with Gasteiger partial charge in [0.2, 0.25) is 5.91 Å². The predicted octanol–water partition coefficient (Wildman–Crippen LogP) is 2.90. The van der Waals surface area contributed by atoms with E-state index in [1.165, 1.54) is 6.92 Å². The number of carbonyl (C=O) groups excluding carboxylic acids is 2. The Morgan fingerprint density at radius 2 is 1.68 bits per heavy atom. The van der Waals surface area contributed by atoms with Crippen LogP contribution in [-0.4, -0.2) is 22.8 Å². The first-order chi connectivity index (χ1) is 10.4. The fraction of sp³-hybridized carbons (Fsp3) is 0.294. The van der Waals surface area contributed by atoms with E-state index in [-0.39, 0.29) is 18.2 Å². The number of anilines is 2. The molecule has 0 aliphatic rings. The average Bonchev–Trinajstić information content (AvgIpc) is 2.73. The lowest BCUT2D eigenvalue weighted by Gasteiger charge is -2.07. The molecule has 0 spiro atoms. The summed E-state index contributed by atoms with van der Waals surface area (Å²) in [7, 11) is 1.95. The molecule has 1 aromatic heterocycles. The third-order valence-electron chi connectivity index (χ3n) is 3.73. The molecule has 116 valence electrons. The molecule has 1 aromatic carbocycles. The molecule has 0 atom stereocenters. The van der Waals surface area contributed by atoms with Gasteiger partial charge in [0.05, 0.1) is 6.54 Å². The van der Waals surface area contributed by atoms with Crippen molar-refractivity contribution in [3.63, 3.8) is 0 Å². The van der Waals surface area contributed by atoms with Gasteiger partial charge in [0.1, 0.15) is 0 Å². The number of carbonyl (C=O) groups is 2. The zero-order valence-electron chi connectivity index (χ0n) is 13.4. The van der Waals surface area contributed by atoms with Crippen molar-refractivity contribution in [3.8, 4) is 0 Å². The Balaban J connectivity index is 1.99. The molecule has 1 heterocycles. The van der Waals surface area contributed by atoms with E-state index in [4.69, 9.17) is 0 Å². The normalized spacial score (nSPS) is 10.4. The molecule has 2 rings (SSSR count). The van der Waals surface area contributed by atoms with Crippen molar-refractivity contribution in [2.24, 2.45) is 7.05 Å². The smallest absolute Gasteiger partial charge is 0.221 e. The SMILES string of the molecule is CC(=O)Nc1ccc(NCC(=O)c2cc(C)n(C)c2C)cc1. The van der Waals surface area contributed by atoms with Gasteiger partial charge in [-0.15, -0.1) is 0 Å². The highest BCUT2D eigenvalue weighted by Gasteiger charge is 2.13. The second-order valence-corrected chi connectivity index (χ2v) is 5.38. The lowest BCUT2D eigenvalue weighted by Crippen LogP contribution is -2.14. The number of amides is 1. The second-order valence-electron chi connectivity index (χ2n) is 5.38. The highest BCUT2D eigenvalue weighted by Crippen LogP contribution is 2.16. The first-order valence-electron chi connectivity index (χ1n) is 7.16. The van der Waals surface area contributed by atoms with Gasteiger partial charge in [-0.3, -0.25) is 9.59 Å². The highest BCUT2D eigenvalue weighted by molar-refractivity contribution is 6.00. The summed E-state index contributed by atoms with van der Waals surface area (Å²) in [6.45, 7) is 5.64. The standard InChI is InChI=1S/C17H21N3O2/c1-11-9-16(12(2)20(11)4)17(22)10-18-14-5-7-15(8-6-14)19-13(3)21/h5-9,18H,10H2,1-4H3,(H,19,21). The number of hydrogen-bond donors (Lipinski definition) is 2. The predicted molar refractivity (Wildman–Crippen MR) is 88.5 cm³/mol. The van der Waals surface area contributed by atoms with Crippen molar-refractivity contribution >= 4 is 23.1 Å². The summed E-state index contributed by atoms with van der Waals surface area (Å²) in [4.78, 5) is 23.2. The van der Waals surface area contributed by atoms with E-state index in [0.717, 1.165) is 28.3 Å². The number of ketones is 1. The molecule has 0 saturated heterocycles. The quantitative estimate of drug-likeness (QED) is 0.834. The monoisotopic (exact) mass is 299 g/mol. The van der Waals surface area contributed by atoms with Gasteiger partial charge in [0.25, 0.3) is 0 Å². The number of aromatic nitrogens is 1. The molecule has 2 N–H and O–H groups in total. The van der Waals surface area contributed by atoms with E-state index in [9.17, 15) is 9.59 Å². The molecule has 0 radical (unpaired) electrons. The molecule has 0 aliphatic heterocycles. The minimum Gasteiger partial charge on any atom is -0.378 e. The van der Waals surface area contributed by atoms with Crippen LogP contribution in [0.15, 0.2) is 30.3 Å². The van der Waals surface area contributed by atoms with Crippen molar-refractivity contribution in [2.75, 3.05) is 17.2 Å². The summed E-state index contributed by atoms with van der Waals surface area (Å²) in [5, 5.41) is 5.81. The van der Waals surface area contributed by atoms with Crippen molar-refractivity contribution in [3.05, 3.63) is 47.3 Å². The molecule has 2 aromatic rings. The minimum atomic E-state index is -0.106. The van der Waals surface area contributed by atoms with Crippen LogP contribution in [0.25, 0.3) is 0 Å². The third-order valence-corrected chi connectivity index (χ3v) is 3.73. The summed E-state index contributed by atoms with van der Waals surface area (Å²) in [6.07, 6.45) is 0. The molecule has 22 heavy (non-hydrogen) atoms. The van der Waals surface area contributed by atoms with Crippen LogP contribution >= 0.6 is 0 Å². The minimum absolute atomic E-state index is 0.0622. The number of Topliss-reactive ketones (excluding diaryl/α,β-unsaturated/α-hetero) is 1. The summed E-state index contributed by atoms with van der Waals surface area (Å²) in [6, 6.07) is 9.18.